The Kier molecular flexibility index (Phi) is 4.87. The van der Waals surface area contributed by atoms with Crippen LogP contribution in [-0.4, -0.2) is 0 Å². The van der Waals surface area contributed by atoms with E-state index in [1.54, 1.807) is 0 Å². The predicted octanol–water partition coefficient (Wildman–Crippen LogP) is 5.33. The maximum absolute atomic E-state index is 6.10. The first kappa shape index (κ1) is 14.4. The number of hydrogen-bond donors (Lipinski definition) is 0. The Morgan fingerprint density at radius 1 is 0.947 bits per heavy atom. The van der Waals surface area contributed by atoms with Gasteiger partial charge < -0.3 is 4.74 Å². The lowest BCUT2D eigenvalue weighted by Crippen LogP contribution is -1.98. The number of hydrogen-bond acceptors (Lipinski definition) is 1. The largest absolute Gasteiger partial charge is 0.372 e. The van der Waals surface area contributed by atoms with Crippen LogP contribution in [0.15, 0.2) is 36.4 Å². The van der Waals surface area contributed by atoms with Crippen molar-refractivity contribution in [2.45, 2.75) is 27.1 Å². The highest BCUT2D eigenvalue weighted by molar-refractivity contribution is 6.35. The number of rotatable bonds is 4. The van der Waals surface area contributed by atoms with Crippen LogP contribution in [0.4, 0.5) is 0 Å². The van der Waals surface area contributed by atoms with Gasteiger partial charge in [0, 0.05) is 15.6 Å². The first-order valence-electron chi connectivity index (χ1n) is 6.14. The van der Waals surface area contributed by atoms with Gasteiger partial charge in [0.05, 0.1) is 13.2 Å². The summed E-state index contributed by atoms with van der Waals surface area (Å²) in [7, 11) is 0. The van der Waals surface area contributed by atoms with Crippen molar-refractivity contribution in [2.24, 2.45) is 0 Å². The highest BCUT2D eigenvalue weighted by Crippen LogP contribution is 2.25. The summed E-state index contributed by atoms with van der Waals surface area (Å²) >= 11 is 12.2. The fourth-order valence-corrected chi connectivity index (χ4v) is 2.45. The molecule has 0 amide bonds. The normalized spacial score (nSPS) is 10.7. The summed E-state index contributed by atoms with van der Waals surface area (Å²) in [6, 6.07) is 11.8. The Hall–Kier alpha value is -1.02. The van der Waals surface area contributed by atoms with Gasteiger partial charge in [-0.25, -0.2) is 0 Å². The molecule has 0 spiro atoms. The molecule has 0 aliphatic carbocycles. The van der Waals surface area contributed by atoms with Crippen LogP contribution >= 0.6 is 23.2 Å². The Morgan fingerprint density at radius 2 is 1.63 bits per heavy atom. The van der Waals surface area contributed by atoms with E-state index in [4.69, 9.17) is 27.9 Å². The summed E-state index contributed by atoms with van der Waals surface area (Å²) in [6.45, 7) is 5.16. The maximum Gasteiger partial charge on any atom is 0.0750 e. The summed E-state index contributed by atoms with van der Waals surface area (Å²) in [5, 5.41) is 1.29. The SMILES string of the molecule is Cc1ccc(COCc2c(Cl)cccc2Cl)c(C)c1. The summed E-state index contributed by atoms with van der Waals surface area (Å²) in [4.78, 5) is 0. The zero-order valence-corrected chi connectivity index (χ0v) is 12.6. The Labute approximate surface area is 124 Å². The topological polar surface area (TPSA) is 9.23 Å². The molecule has 0 aromatic heterocycles. The standard InChI is InChI=1S/C16H16Cl2O/c1-11-6-7-13(12(2)8-11)9-19-10-14-15(17)4-3-5-16(14)18/h3-8H,9-10H2,1-2H3. The van der Waals surface area contributed by atoms with Crippen LogP contribution in [0.3, 0.4) is 0 Å². The summed E-state index contributed by atoms with van der Waals surface area (Å²) in [5.41, 5.74) is 4.53. The third-order valence-corrected chi connectivity index (χ3v) is 3.77. The Morgan fingerprint density at radius 3 is 2.26 bits per heavy atom. The molecule has 0 bridgehead atoms. The molecule has 0 saturated heterocycles. The predicted molar refractivity (Wildman–Crippen MR) is 80.9 cm³/mol. The van der Waals surface area contributed by atoms with Crippen molar-refractivity contribution in [3.8, 4) is 0 Å². The van der Waals surface area contributed by atoms with Crippen molar-refractivity contribution in [3.63, 3.8) is 0 Å². The third kappa shape index (κ3) is 3.73. The molecular formula is C16H16Cl2O. The lowest BCUT2D eigenvalue weighted by Gasteiger charge is -2.10. The van der Waals surface area contributed by atoms with E-state index in [1.807, 2.05) is 18.2 Å². The molecule has 2 aromatic rings. The Balaban J connectivity index is 2.00. The van der Waals surface area contributed by atoms with E-state index in [-0.39, 0.29) is 0 Å². The van der Waals surface area contributed by atoms with Gasteiger partial charge in [0.1, 0.15) is 0 Å². The van der Waals surface area contributed by atoms with Gasteiger partial charge in [-0.1, -0.05) is 53.0 Å². The highest BCUT2D eigenvalue weighted by atomic mass is 35.5. The second-order valence-electron chi connectivity index (χ2n) is 4.62. The van der Waals surface area contributed by atoms with Gasteiger partial charge in [-0.2, -0.15) is 0 Å². The van der Waals surface area contributed by atoms with Crippen LogP contribution in [0.25, 0.3) is 0 Å². The van der Waals surface area contributed by atoms with Crippen LogP contribution in [0.2, 0.25) is 10.0 Å². The lowest BCUT2D eigenvalue weighted by molar-refractivity contribution is 0.107. The first-order valence-corrected chi connectivity index (χ1v) is 6.90. The van der Waals surface area contributed by atoms with E-state index in [0.717, 1.165) is 5.56 Å². The van der Waals surface area contributed by atoms with Crippen molar-refractivity contribution in [1.82, 2.24) is 0 Å². The zero-order chi connectivity index (χ0) is 13.8. The molecule has 1 nitrogen and oxygen atoms in total. The minimum absolute atomic E-state index is 0.422. The maximum atomic E-state index is 6.10. The third-order valence-electron chi connectivity index (χ3n) is 3.06. The van der Waals surface area contributed by atoms with E-state index in [0.29, 0.717) is 23.3 Å². The second kappa shape index (κ2) is 6.42. The summed E-state index contributed by atoms with van der Waals surface area (Å²) in [5.74, 6) is 0. The van der Waals surface area contributed by atoms with Crippen molar-refractivity contribution in [3.05, 3.63) is 68.7 Å². The number of benzene rings is 2. The van der Waals surface area contributed by atoms with Crippen molar-refractivity contribution < 1.29 is 4.74 Å². The number of halogens is 2. The fourth-order valence-electron chi connectivity index (χ4n) is 1.94. The molecule has 0 aliphatic rings. The molecule has 19 heavy (non-hydrogen) atoms. The quantitative estimate of drug-likeness (QED) is 0.741. The molecule has 0 fully saturated rings. The van der Waals surface area contributed by atoms with E-state index < -0.39 is 0 Å². The molecule has 0 atom stereocenters. The molecule has 100 valence electrons. The molecule has 2 rings (SSSR count). The number of aryl methyl sites for hydroxylation is 2. The molecule has 0 unspecified atom stereocenters. The van der Waals surface area contributed by atoms with Crippen molar-refractivity contribution in [1.29, 1.82) is 0 Å². The molecule has 0 N–H and O–H groups in total. The fraction of sp³-hybridized carbons (Fsp3) is 0.250. The van der Waals surface area contributed by atoms with Crippen LogP contribution in [0.5, 0.6) is 0 Å². The zero-order valence-electron chi connectivity index (χ0n) is 11.0. The van der Waals surface area contributed by atoms with Crippen LogP contribution in [0.1, 0.15) is 22.3 Å². The number of ether oxygens (including phenoxy) is 1. The van der Waals surface area contributed by atoms with E-state index >= 15 is 0 Å². The first-order chi connectivity index (χ1) is 9.08. The van der Waals surface area contributed by atoms with Gasteiger partial charge in [0.15, 0.2) is 0 Å². The molecular weight excluding hydrogens is 279 g/mol. The van der Waals surface area contributed by atoms with Crippen LogP contribution in [0, 0.1) is 13.8 Å². The highest BCUT2D eigenvalue weighted by Gasteiger charge is 2.06. The lowest BCUT2D eigenvalue weighted by atomic mass is 10.1. The van der Waals surface area contributed by atoms with Gasteiger partial charge in [-0.05, 0) is 37.1 Å². The average Bonchev–Trinajstić information content (AvgIpc) is 2.35. The monoisotopic (exact) mass is 294 g/mol. The average molecular weight is 295 g/mol. The van der Waals surface area contributed by atoms with E-state index in [1.165, 1.54) is 16.7 Å². The summed E-state index contributed by atoms with van der Waals surface area (Å²) < 4.78 is 5.72. The smallest absolute Gasteiger partial charge is 0.0750 e. The summed E-state index contributed by atoms with van der Waals surface area (Å²) in [6.07, 6.45) is 0. The molecule has 2 aromatic carbocycles. The van der Waals surface area contributed by atoms with Crippen molar-refractivity contribution in [2.75, 3.05) is 0 Å². The molecule has 0 aliphatic heterocycles. The van der Waals surface area contributed by atoms with Gasteiger partial charge in [0.2, 0.25) is 0 Å². The van der Waals surface area contributed by atoms with E-state index in [9.17, 15) is 0 Å². The Bertz CT molecular complexity index is 559. The minimum Gasteiger partial charge on any atom is -0.372 e. The van der Waals surface area contributed by atoms with Gasteiger partial charge in [-0.3, -0.25) is 0 Å². The van der Waals surface area contributed by atoms with E-state index in [2.05, 4.69) is 32.0 Å². The molecule has 0 heterocycles. The van der Waals surface area contributed by atoms with Gasteiger partial charge >= 0.3 is 0 Å². The van der Waals surface area contributed by atoms with Gasteiger partial charge in [0.25, 0.3) is 0 Å². The molecule has 0 saturated carbocycles. The van der Waals surface area contributed by atoms with Crippen LogP contribution < -0.4 is 0 Å². The molecule has 3 heteroatoms. The van der Waals surface area contributed by atoms with Crippen molar-refractivity contribution >= 4 is 23.2 Å². The molecule has 0 radical (unpaired) electrons. The second-order valence-corrected chi connectivity index (χ2v) is 5.44. The van der Waals surface area contributed by atoms with Crippen LogP contribution in [-0.2, 0) is 18.0 Å². The minimum atomic E-state index is 0.422. The van der Waals surface area contributed by atoms with Gasteiger partial charge in [-0.15, -0.1) is 0 Å².